The molecule has 1 aliphatic carbocycles. The molecule has 64 heavy (non-hydrogen) atoms. The molecular weight excluding hydrogens is 771 g/mol. The van der Waals surface area contributed by atoms with Crippen molar-refractivity contribution in [3.05, 3.63) is 270 Å². The lowest BCUT2D eigenvalue weighted by Crippen LogP contribution is -2.12. The second kappa shape index (κ2) is 16.2. The van der Waals surface area contributed by atoms with E-state index in [1.165, 1.54) is 105 Å². The Bertz CT molecular complexity index is 3450. The van der Waals surface area contributed by atoms with Crippen molar-refractivity contribution >= 4 is 32.6 Å². The zero-order chi connectivity index (χ0) is 42.4. The van der Waals surface area contributed by atoms with Crippen molar-refractivity contribution in [2.75, 3.05) is 0 Å². The van der Waals surface area contributed by atoms with Crippen LogP contribution in [0.5, 0.6) is 0 Å². The molecule has 1 aliphatic rings. The van der Waals surface area contributed by atoms with Gasteiger partial charge in [-0.25, -0.2) is 0 Å². The number of hydrogen-bond acceptors (Lipinski definition) is 0. The molecule has 0 saturated heterocycles. The molecule has 11 aromatic rings. The van der Waals surface area contributed by atoms with Crippen molar-refractivity contribution in [3.8, 4) is 39.1 Å². The maximum Gasteiger partial charge on any atom is 0.0547 e. The second-order valence-corrected chi connectivity index (χ2v) is 17.5. The summed E-state index contributed by atoms with van der Waals surface area (Å²) in [5.74, 6) is 0.570. The minimum Gasteiger partial charge on any atom is -0.309 e. The maximum atomic E-state index is 2.47. The molecule has 0 amide bonds. The largest absolute Gasteiger partial charge is 0.309 e. The number of aryl methyl sites for hydroxylation is 1. The van der Waals surface area contributed by atoms with Gasteiger partial charge < -0.3 is 4.57 Å². The van der Waals surface area contributed by atoms with Crippen molar-refractivity contribution < 1.29 is 0 Å². The lowest BCUT2D eigenvalue weighted by Gasteiger charge is -2.29. The van der Waals surface area contributed by atoms with Gasteiger partial charge in [-0.1, -0.05) is 212 Å². The van der Waals surface area contributed by atoms with Gasteiger partial charge in [0.1, 0.15) is 0 Å². The number of benzene rings is 10. The highest BCUT2D eigenvalue weighted by Gasteiger charge is 2.27. The molecule has 2 unspecified atom stereocenters. The van der Waals surface area contributed by atoms with Gasteiger partial charge in [0.25, 0.3) is 0 Å². The fourth-order valence-electron chi connectivity index (χ4n) is 10.7. The van der Waals surface area contributed by atoms with Gasteiger partial charge in [-0.3, -0.25) is 0 Å². The molecule has 0 bridgehead atoms. The summed E-state index contributed by atoms with van der Waals surface area (Å²) in [6, 6.07) is 88.0. The fourth-order valence-corrected chi connectivity index (χ4v) is 10.7. The van der Waals surface area contributed by atoms with Crippen LogP contribution in [0.15, 0.2) is 237 Å². The summed E-state index contributed by atoms with van der Waals surface area (Å²) in [6.45, 7) is 0. The van der Waals surface area contributed by atoms with Crippen LogP contribution < -0.4 is 0 Å². The van der Waals surface area contributed by atoms with Crippen molar-refractivity contribution in [1.82, 2.24) is 4.57 Å². The average Bonchev–Trinajstić information content (AvgIpc) is 3.71. The number of aromatic nitrogens is 1. The van der Waals surface area contributed by atoms with E-state index in [0.717, 1.165) is 19.3 Å². The van der Waals surface area contributed by atoms with E-state index < -0.39 is 0 Å². The monoisotopic (exact) mass is 817 g/mol. The van der Waals surface area contributed by atoms with E-state index in [4.69, 9.17) is 0 Å². The molecule has 0 spiro atoms. The smallest absolute Gasteiger partial charge is 0.0547 e. The molecule has 0 N–H and O–H groups in total. The Morgan fingerprint density at radius 2 is 1.08 bits per heavy atom. The zero-order valence-corrected chi connectivity index (χ0v) is 35.7. The zero-order valence-electron chi connectivity index (χ0n) is 35.7. The summed E-state index contributed by atoms with van der Waals surface area (Å²) in [7, 11) is 0. The minimum atomic E-state index is 0.243. The summed E-state index contributed by atoms with van der Waals surface area (Å²) in [5, 5.41) is 5.16. The van der Waals surface area contributed by atoms with E-state index in [9.17, 15) is 0 Å². The second-order valence-electron chi connectivity index (χ2n) is 17.5. The average molecular weight is 818 g/mol. The van der Waals surface area contributed by atoms with Crippen LogP contribution in [0.4, 0.5) is 0 Å². The van der Waals surface area contributed by atoms with Gasteiger partial charge in [-0.05, 0) is 121 Å². The van der Waals surface area contributed by atoms with Gasteiger partial charge in [0, 0.05) is 28.3 Å². The van der Waals surface area contributed by atoms with Crippen LogP contribution in [0.25, 0.3) is 71.6 Å². The number of rotatable bonds is 9. The van der Waals surface area contributed by atoms with Crippen LogP contribution >= 0.6 is 0 Å². The molecule has 0 radical (unpaired) electrons. The molecule has 0 saturated carbocycles. The Labute approximate surface area is 375 Å². The van der Waals surface area contributed by atoms with Crippen molar-refractivity contribution in [2.24, 2.45) is 0 Å². The third-order valence-corrected chi connectivity index (χ3v) is 13.9. The van der Waals surface area contributed by atoms with Crippen LogP contribution in [0.1, 0.15) is 51.6 Å². The Morgan fingerprint density at radius 1 is 0.438 bits per heavy atom. The van der Waals surface area contributed by atoms with Crippen LogP contribution in [-0.2, 0) is 12.8 Å². The van der Waals surface area contributed by atoms with Crippen molar-refractivity contribution in [3.63, 3.8) is 0 Å². The molecule has 2 atom stereocenters. The topological polar surface area (TPSA) is 4.93 Å². The highest BCUT2D eigenvalue weighted by Crippen LogP contribution is 2.45. The highest BCUT2D eigenvalue weighted by atomic mass is 15.0. The first-order valence-electron chi connectivity index (χ1n) is 22.8. The van der Waals surface area contributed by atoms with Gasteiger partial charge >= 0.3 is 0 Å². The first-order chi connectivity index (χ1) is 31.7. The summed E-state index contributed by atoms with van der Waals surface area (Å²) in [5.41, 5.74) is 19.6. The predicted molar refractivity (Wildman–Crippen MR) is 270 cm³/mol. The minimum absolute atomic E-state index is 0.243. The first kappa shape index (κ1) is 38.0. The molecule has 12 rings (SSSR count). The molecular formula is C63H47N. The van der Waals surface area contributed by atoms with Gasteiger partial charge in [0.15, 0.2) is 0 Å². The van der Waals surface area contributed by atoms with E-state index in [1.54, 1.807) is 0 Å². The maximum absolute atomic E-state index is 2.47. The normalized spacial score (nSPS) is 13.8. The lowest BCUT2D eigenvalue weighted by atomic mass is 9.75. The Kier molecular flexibility index (Phi) is 9.60. The summed E-state index contributed by atoms with van der Waals surface area (Å²) in [4.78, 5) is 0. The number of hydrogen-bond donors (Lipinski definition) is 0. The molecule has 1 nitrogen and oxygen atoms in total. The summed E-state index contributed by atoms with van der Waals surface area (Å²) in [6.07, 6.45) is 2.99. The molecule has 10 aromatic carbocycles. The van der Waals surface area contributed by atoms with Gasteiger partial charge in [-0.2, -0.15) is 0 Å². The quantitative estimate of drug-likeness (QED) is 0.137. The van der Waals surface area contributed by atoms with Gasteiger partial charge in [0.2, 0.25) is 0 Å². The van der Waals surface area contributed by atoms with Crippen molar-refractivity contribution in [1.29, 1.82) is 0 Å². The van der Waals surface area contributed by atoms with Crippen LogP contribution in [0, 0.1) is 0 Å². The fraction of sp³-hybridized carbons (Fsp3) is 0.0794. The first-order valence-corrected chi connectivity index (χ1v) is 22.8. The molecule has 1 aromatic heterocycles. The van der Waals surface area contributed by atoms with E-state index >= 15 is 0 Å². The Morgan fingerprint density at radius 3 is 1.91 bits per heavy atom. The molecule has 1 heteroatoms. The van der Waals surface area contributed by atoms with E-state index in [0.29, 0.717) is 5.92 Å². The predicted octanol–water partition coefficient (Wildman–Crippen LogP) is 16.4. The molecule has 0 aliphatic heterocycles. The third kappa shape index (κ3) is 6.82. The number of nitrogens with zero attached hydrogens (tertiary/aromatic N) is 1. The van der Waals surface area contributed by atoms with Crippen molar-refractivity contribution in [2.45, 2.75) is 31.1 Å². The van der Waals surface area contributed by atoms with Crippen LogP contribution in [0.2, 0.25) is 0 Å². The Balaban J connectivity index is 0.919. The summed E-state index contributed by atoms with van der Waals surface area (Å²) < 4.78 is 2.47. The van der Waals surface area contributed by atoms with E-state index in [1.807, 2.05) is 0 Å². The van der Waals surface area contributed by atoms with Gasteiger partial charge in [0.05, 0.1) is 11.0 Å². The third-order valence-electron chi connectivity index (χ3n) is 13.9. The highest BCUT2D eigenvalue weighted by molar-refractivity contribution is 6.15. The number of fused-ring (bicyclic) bond motifs is 7. The SMILES string of the molecule is c1ccc(-c2ccc(C(CCc3ccc4ccccc4c3)c3ccc(-n4c5ccccc5c5c(-c6ccc7c(c6)CC(c6ccccc6)c6ccccc6-7)cccc54)cc3)cc2)cc1. The van der Waals surface area contributed by atoms with Crippen LogP contribution in [0.3, 0.4) is 0 Å². The molecule has 304 valence electrons. The van der Waals surface area contributed by atoms with E-state index in [2.05, 4.69) is 241 Å². The summed E-state index contributed by atoms with van der Waals surface area (Å²) >= 11 is 0. The molecule has 0 fully saturated rings. The molecule has 1 heterocycles. The standard InChI is InChI=1S/C63H47N/c1-3-14-44(15-4-1)46-29-31-48(32-30-46)54(38-27-43-26-28-45-16-7-8-19-50(45)40-43)49-33-36-53(37-34-49)64-61-24-12-11-22-59(61)63-56(23-13-25-62(63)64)51-35-39-55-52(41-51)42-60(47-17-5-2-6-18-47)58-21-10-9-20-57(55)58/h1-26,28-37,39-41,54,60H,27,38,42H2. The van der Waals surface area contributed by atoms with E-state index in [-0.39, 0.29) is 5.92 Å². The van der Waals surface area contributed by atoms with Crippen LogP contribution in [-0.4, -0.2) is 4.57 Å². The lowest BCUT2D eigenvalue weighted by molar-refractivity contribution is 0.715. The number of para-hydroxylation sites is 1. The van der Waals surface area contributed by atoms with Gasteiger partial charge in [-0.15, -0.1) is 0 Å². The Hall–Kier alpha value is -7.74.